The Morgan fingerprint density at radius 1 is 1.50 bits per heavy atom. The molecule has 1 atom stereocenters. The number of nitrogens with one attached hydrogen (secondary N) is 2. The van der Waals surface area contributed by atoms with Crippen LogP contribution in [0.2, 0.25) is 0 Å². The van der Waals surface area contributed by atoms with Crippen LogP contribution in [0.15, 0.2) is 0 Å². The number of carboxylic acid groups (broad SMARTS) is 1. The van der Waals surface area contributed by atoms with Crippen molar-refractivity contribution >= 4 is 12.0 Å². The fraction of sp³-hybridized carbons (Fsp3) is 0.727. The normalized spacial score (nSPS) is 16.9. The number of nitrogens with zero attached hydrogens (tertiary/aromatic N) is 4. The van der Waals surface area contributed by atoms with Gasteiger partial charge < -0.3 is 15.3 Å². The number of hydrogen-bond donors (Lipinski definition) is 3. The summed E-state index contributed by atoms with van der Waals surface area (Å²) in [6.07, 6.45) is 3.73. The van der Waals surface area contributed by atoms with Crippen molar-refractivity contribution in [2.45, 2.75) is 44.7 Å². The summed E-state index contributed by atoms with van der Waals surface area (Å²) in [5.41, 5.74) is 0. The van der Waals surface area contributed by atoms with Gasteiger partial charge >= 0.3 is 12.0 Å². The van der Waals surface area contributed by atoms with E-state index in [1.54, 1.807) is 6.92 Å². The van der Waals surface area contributed by atoms with Crippen LogP contribution < -0.4 is 5.32 Å². The van der Waals surface area contributed by atoms with Gasteiger partial charge in [-0.2, -0.15) is 5.21 Å². The first-order valence-corrected chi connectivity index (χ1v) is 6.60. The van der Waals surface area contributed by atoms with Crippen molar-refractivity contribution in [3.8, 4) is 0 Å². The van der Waals surface area contributed by atoms with Gasteiger partial charge in [0.2, 0.25) is 0 Å². The quantitative estimate of drug-likeness (QED) is 0.713. The predicted molar refractivity (Wildman–Crippen MR) is 67.7 cm³/mol. The number of H-pyrrole nitrogens is 1. The second-order valence-corrected chi connectivity index (χ2v) is 4.90. The van der Waals surface area contributed by atoms with E-state index in [0.29, 0.717) is 5.82 Å². The van der Waals surface area contributed by atoms with E-state index in [1.165, 1.54) is 4.90 Å². The van der Waals surface area contributed by atoms with Gasteiger partial charge in [0, 0.05) is 6.04 Å². The van der Waals surface area contributed by atoms with Crippen LogP contribution in [-0.4, -0.2) is 55.2 Å². The van der Waals surface area contributed by atoms with Crippen LogP contribution in [0.3, 0.4) is 0 Å². The Morgan fingerprint density at radius 3 is 2.75 bits per heavy atom. The van der Waals surface area contributed by atoms with Crippen molar-refractivity contribution in [1.29, 1.82) is 0 Å². The molecule has 1 aliphatic carbocycles. The minimum Gasteiger partial charge on any atom is -0.480 e. The first-order valence-electron chi connectivity index (χ1n) is 6.60. The molecule has 1 unspecified atom stereocenters. The minimum absolute atomic E-state index is 0.0106. The molecular formula is C11H18N6O3. The highest BCUT2D eigenvalue weighted by atomic mass is 16.4. The number of hydrogen-bond acceptors (Lipinski definition) is 5. The molecule has 2 rings (SSSR count). The predicted octanol–water partition coefficient (Wildman–Crippen LogP) is 0.299. The fourth-order valence-electron chi connectivity index (χ4n) is 2.41. The van der Waals surface area contributed by atoms with Crippen molar-refractivity contribution < 1.29 is 14.7 Å². The number of urea groups is 1. The minimum atomic E-state index is -1.01. The Kier molecular flexibility index (Phi) is 4.49. The van der Waals surface area contributed by atoms with E-state index in [1.807, 2.05) is 0 Å². The van der Waals surface area contributed by atoms with Crippen LogP contribution in [0.1, 0.15) is 44.5 Å². The molecule has 1 aliphatic rings. The molecule has 3 N–H and O–H groups in total. The van der Waals surface area contributed by atoms with Gasteiger partial charge in [0.05, 0.1) is 6.04 Å². The zero-order chi connectivity index (χ0) is 14.5. The van der Waals surface area contributed by atoms with Gasteiger partial charge in [-0.25, -0.2) is 4.79 Å². The van der Waals surface area contributed by atoms with Gasteiger partial charge in [0.1, 0.15) is 6.54 Å². The van der Waals surface area contributed by atoms with Gasteiger partial charge in [-0.15, -0.1) is 10.2 Å². The molecule has 0 bridgehead atoms. The fourth-order valence-corrected chi connectivity index (χ4v) is 2.41. The van der Waals surface area contributed by atoms with Gasteiger partial charge in [-0.1, -0.05) is 18.1 Å². The van der Waals surface area contributed by atoms with Crippen molar-refractivity contribution in [2.24, 2.45) is 0 Å². The number of aromatic amines is 1. The first-order chi connectivity index (χ1) is 9.58. The maximum Gasteiger partial charge on any atom is 0.323 e. The first kappa shape index (κ1) is 14.2. The molecular weight excluding hydrogens is 264 g/mol. The molecule has 110 valence electrons. The lowest BCUT2D eigenvalue weighted by Crippen LogP contribution is -2.48. The van der Waals surface area contributed by atoms with Crippen LogP contribution in [0.4, 0.5) is 4.79 Å². The Hall–Kier alpha value is -2.19. The van der Waals surface area contributed by atoms with Crippen LogP contribution >= 0.6 is 0 Å². The summed E-state index contributed by atoms with van der Waals surface area (Å²) in [5, 5.41) is 25.0. The summed E-state index contributed by atoms with van der Waals surface area (Å²) in [5.74, 6) is -0.653. The van der Waals surface area contributed by atoms with Crippen LogP contribution in [-0.2, 0) is 4.79 Å². The lowest BCUT2D eigenvalue weighted by molar-refractivity contribution is -0.138. The molecule has 1 aromatic rings. The lowest BCUT2D eigenvalue weighted by atomic mass is 10.2. The summed E-state index contributed by atoms with van der Waals surface area (Å²) >= 11 is 0. The maximum atomic E-state index is 12.2. The number of rotatable bonds is 5. The molecule has 0 aromatic carbocycles. The number of tetrazole rings is 1. The van der Waals surface area contributed by atoms with E-state index >= 15 is 0 Å². The molecule has 1 fully saturated rings. The van der Waals surface area contributed by atoms with E-state index in [0.717, 1.165) is 25.7 Å². The molecule has 1 aromatic heterocycles. The Balaban J connectivity index is 2.00. The number of carbonyl (C=O) groups excluding carboxylic acids is 1. The summed E-state index contributed by atoms with van der Waals surface area (Å²) < 4.78 is 0. The molecule has 1 heterocycles. The molecule has 1 saturated carbocycles. The highest BCUT2D eigenvalue weighted by Gasteiger charge is 2.29. The van der Waals surface area contributed by atoms with Crippen molar-refractivity contribution in [2.75, 3.05) is 6.54 Å². The van der Waals surface area contributed by atoms with Gasteiger partial charge in [-0.05, 0) is 19.8 Å². The Morgan fingerprint density at radius 2 is 2.20 bits per heavy atom. The lowest BCUT2D eigenvalue weighted by Gasteiger charge is -2.28. The second-order valence-electron chi connectivity index (χ2n) is 4.90. The van der Waals surface area contributed by atoms with Crippen LogP contribution in [0.5, 0.6) is 0 Å². The standard InChI is InChI=1S/C11H18N6O3/c1-7(10-13-15-16-14-10)12-11(20)17(6-9(18)19)8-4-2-3-5-8/h7-8H,2-6H2,1H3,(H,12,20)(H,18,19)(H,13,14,15,16). The van der Waals surface area contributed by atoms with Crippen molar-refractivity contribution in [3.63, 3.8) is 0 Å². The number of amides is 2. The zero-order valence-corrected chi connectivity index (χ0v) is 11.2. The van der Waals surface area contributed by atoms with E-state index < -0.39 is 18.0 Å². The molecule has 2 amide bonds. The number of aromatic nitrogens is 4. The average Bonchev–Trinajstić information content (AvgIpc) is 3.08. The molecule has 0 saturated heterocycles. The van der Waals surface area contributed by atoms with Gasteiger partial charge in [0.15, 0.2) is 5.82 Å². The van der Waals surface area contributed by atoms with E-state index in [-0.39, 0.29) is 12.6 Å². The van der Waals surface area contributed by atoms with E-state index in [9.17, 15) is 9.59 Å². The van der Waals surface area contributed by atoms with Crippen molar-refractivity contribution in [1.82, 2.24) is 30.8 Å². The Labute approximate surface area is 115 Å². The molecule has 0 spiro atoms. The van der Waals surface area contributed by atoms with Crippen LogP contribution in [0, 0.1) is 0 Å². The number of carbonyl (C=O) groups is 2. The maximum absolute atomic E-state index is 12.2. The van der Waals surface area contributed by atoms with E-state index in [4.69, 9.17) is 5.11 Å². The SMILES string of the molecule is CC(NC(=O)N(CC(=O)O)C1CCCC1)c1nn[nH]n1. The van der Waals surface area contributed by atoms with Gasteiger partial charge in [-0.3, -0.25) is 4.79 Å². The third-order valence-corrected chi connectivity index (χ3v) is 3.42. The summed E-state index contributed by atoms with van der Waals surface area (Å²) in [7, 11) is 0. The molecule has 9 nitrogen and oxygen atoms in total. The molecule has 0 radical (unpaired) electrons. The smallest absolute Gasteiger partial charge is 0.323 e. The highest BCUT2D eigenvalue weighted by molar-refractivity contribution is 5.80. The Bertz CT molecular complexity index is 457. The molecule has 20 heavy (non-hydrogen) atoms. The summed E-state index contributed by atoms with van der Waals surface area (Å²) in [6.45, 7) is 1.42. The van der Waals surface area contributed by atoms with Gasteiger partial charge in [0.25, 0.3) is 0 Å². The molecule has 0 aliphatic heterocycles. The third-order valence-electron chi connectivity index (χ3n) is 3.42. The average molecular weight is 282 g/mol. The topological polar surface area (TPSA) is 124 Å². The zero-order valence-electron chi connectivity index (χ0n) is 11.2. The summed E-state index contributed by atoms with van der Waals surface area (Å²) in [6, 6.07) is -0.848. The summed E-state index contributed by atoms with van der Waals surface area (Å²) in [4.78, 5) is 24.5. The van der Waals surface area contributed by atoms with E-state index in [2.05, 4.69) is 25.9 Å². The molecule has 9 heteroatoms. The second kappa shape index (κ2) is 6.31. The number of carboxylic acids is 1. The highest BCUT2D eigenvalue weighted by Crippen LogP contribution is 2.23. The third kappa shape index (κ3) is 3.43. The van der Waals surface area contributed by atoms with Crippen LogP contribution in [0.25, 0.3) is 0 Å². The monoisotopic (exact) mass is 282 g/mol. The largest absolute Gasteiger partial charge is 0.480 e. The van der Waals surface area contributed by atoms with Crippen molar-refractivity contribution in [3.05, 3.63) is 5.82 Å². The number of aliphatic carboxylic acids is 1.